The molecule has 0 bridgehead atoms. The number of aromatic nitrogens is 2. The van der Waals surface area contributed by atoms with Crippen LogP contribution in [0.1, 0.15) is 18.1 Å². The van der Waals surface area contributed by atoms with Gasteiger partial charge in [0.15, 0.2) is 11.9 Å². The number of rotatable bonds is 5. The summed E-state index contributed by atoms with van der Waals surface area (Å²) in [6, 6.07) is 16.7. The van der Waals surface area contributed by atoms with Gasteiger partial charge in [0.1, 0.15) is 17.4 Å². The molecule has 0 saturated carbocycles. The smallest absolute Gasteiger partial charge is 0.295 e. The quantitative estimate of drug-likeness (QED) is 0.396. The number of hydrogen-bond donors (Lipinski definition) is 2. The molecule has 7 nitrogen and oxygen atoms in total. The molecule has 3 aliphatic heterocycles. The van der Waals surface area contributed by atoms with Gasteiger partial charge in [-0.3, -0.25) is 0 Å². The van der Waals surface area contributed by atoms with Crippen molar-refractivity contribution >= 4 is 11.0 Å². The maximum Gasteiger partial charge on any atom is 0.295 e. The van der Waals surface area contributed by atoms with Crippen LogP contribution in [-0.4, -0.2) is 61.2 Å². The summed E-state index contributed by atoms with van der Waals surface area (Å²) in [6.45, 7) is 3.36. The van der Waals surface area contributed by atoms with E-state index in [1.165, 1.54) is 6.07 Å². The summed E-state index contributed by atoms with van der Waals surface area (Å²) in [5.41, 5.74) is 3.65. The topological polar surface area (TPSA) is 77.6 Å². The third-order valence-corrected chi connectivity index (χ3v) is 7.55. The maximum atomic E-state index is 15.6. The average Bonchev–Trinajstić information content (AvgIpc) is 3.67. The van der Waals surface area contributed by atoms with Gasteiger partial charge < -0.3 is 29.2 Å². The van der Waals surface area contributed by atoms with Gasteiger partial charge in [0.2, 0.25) is 0 Å². The molecule has 3 saturated heterocycles. The maximum absolute atomic E-state index is 15.6. The molecule has 0 spiro atoms. The van der Waals surface area contributed by atoms with E-state index < -0.39 is 11.6 Å². The molecule has 38 heavy (non-hydrogen) atoms. The summed E-state index contributed by atoms with van der Waals surface area (Å²) in [7, 11) is 0. The van der Waals surface area contributed by atoms with Crippen molar-refractivity contribution in [2.75, 3.05) is 32.9 Å². The van der Waals surface area contributed by atoms with E-state index >= 15 is 8.78 Å². The SMILES string of the molecule is Fc1cc2[nH]c(OC3COC4CCOC43)nc2c(F)c1-c1ccc(-c2ccc(C3CNCCO3)cc2)cc1. The zero-order valence-electron chi connectivity index (χ0n) is 20.6. The van der Waals surface area contributed by atoms with Crippen LogP contribution in [0.4, 0.5) is 8.78 Å². The fourth-order valence-corrected chi connectivity index (χ4v) is 5.55. The van der Waals surface area contributed by atoms with E-state index in [-0.39, 0.29) is 47.0 Å². The zero-order valence-corrected chi connectivity index (χ0v) is 20.6. The first-order valence-corrected chi connectivity index (χ1v) is 12.9. The highest BCUT2D eigenvalue weighted by molar-refractivity contribution is 5.84. The van der Waals surface area contributed by atoms with Crippen molar-refractivity contribution in [3.05, 3.63) is 71.8 Å². The van der Waals surface area contributed by atoms with Crippen molar-refractivity contribution in [1.29, 1.82) is 0 Å². The van der Waals surface area contributed by atoms with E-state index in [1.54, 1.807) is 12.1 Å². The van der Waals surface area contributed by atoms with Gasteiger partial charge in [-0.25, -0.2) is 8.78 Å². The van der Waals surface area contributed by atoms with Gasteiger partial charge in [-0.1, -0.05) is 48.5 Å². The number of aromatic amines is 1. The minimum Gasteiger partial charge on any atom is -0.456 e. The molecule has 9 heteroatoms. The highest BCUT2D eigenvalue weighted by atomic mass is 19.1. The summed E-state index contributed by atoms with van der Waals surface area (Å²) in [5, 5.41) is 3.34. The minimum absolute atomic E-state index is 0.00859. The van der Waals surface area contributed by atoms with Crippen LogP contribution in [-0.2, 0) is 14.2 Å². The molecular formula is C29H27F2N3O4. The van der Waals surface area contributed by atoms with Crippen LogP contribution in [0.5, 0.6) is 6.01 Å². The Balaban J connectivity index is 1.12. The highest BCUT2D eigenvalue weighted by Gasteiger charge is 2.43. The first-order valence-electron chi connectivity index (χ1n) is 12.9. The molecule has 4 heterocycles. The number of imidazole rings is 1. The van der Waals surface area contributed by atoms with Crippen molar-refractivity contribution < 1.29 is 27.7 Å². The van der Waals surface area contributed by atoms with Crippen LogP contribution in [0.15, 0.2) is 54.6 Å². The number of fused-ring (bicyclic) bond motifs is 2. The Morgan fingerprint density at radius 3 is 2.42 bits per heavy atom. The second-order valence-electron chi connectivity index (χ2n) is 9.90. The molecule has 3 aliphatic rings. The summed E-state index contributed by atoms with van der Waals surface area (Å²) >= 11 is 0. The van der Waals surface area contributed by atoms with Crippen molar-refractivity contribution in [2.45, 2.75) is 30.8 Å². The van der Waals surface area contributed by atoms with Crippen molar-refractivity contribution in [3.63, 3.8) is 0 Å². The molecule has 0 radical (unpaired) electrons. The van der Waals surface area contributed by atoms with Crippen LogP contribution in [0.25, 0.3) is 33.3 Å². The zero-order chi connectivity index (χ0) is 25.6. The lowest BCUT2D eigenvalue weighted by Crippen LogP contribution is -2.33. The fraction of sp³-hybridized carbons (Fsp3) is 0.345. The van der Waals surface area contributed by atoms with Crippen molar-refractivity contribution in [2.24, 2.45) is 0 Å². The molecule has 2 N–H and O–H groups in total. The lowest BCUT2D eigenvalue weighted by Gasteiger charge is -2.24. The second-order valence-corrected chi connectivity index (χ2v) is 9.90. The average molecular weight is 520 g/mol. The Hall–Kier alpha value is -3.37. The minimum atomic E-state index is -0.734. The van der Waals surface area contributed by atoms with Crippen LogP contribution in [0.3, 0.4) is 0 Å². The van der Waals surface area contributed by atoms with Crippen molar-refractivity contribution in [1.82, 2.24) is 15.3 Å². The largest absolute Gasteiger partial charge is 0.456 e. The number of morpholine rings is 1. The third-order valence-electron chi connectivity index (χ3n) is 7.55. The highest BCUT2D eigenvalue weighted by Crippen LogP contribution is 2.35. The Bertz CT molecular complexity index is 1450. The van der Waals surface area contributed by atoms with E-state index in [9.17, 15) is 0 Å². The Kier molecular flexibility index (Phi) is 6.08. The third kappa shape index (κ3) is 4.25. The molecule has 0 amide bonds. The van der Waals surface area contributed by atoms with Crippen LogP contribution < -0.4 is 10.1 Å². The summed E-state index contributed by atoms with van der Waals surface area (Å²) < 4.78 is 53.8. The predicted molar refractivity (Wildman–Crippen MR) is 137 cm³/mol. The van der Waals surface area contributed by atoms with Gasteiger partial charge >= 0.3 is 0 Å². The molecule has 3 aromatic carbocycles. The van der Waals surface area contributed by atoms with E-state index in [0.717, 1.165) is 36.2 Å². The lowest BCUT2D eigenvalue weighted by molar-refractivity contribution is 0.0273. The van der Waals surface area contributed by atoms with Crippen LogP contribution in [0.2, 0.25) is 0 Å². The summed E-state index contributed by atoms with van der Waals surface area (Å²) in [5.74, 6) is -1.41. The number of benzene rings is 3. The number of nitrogens with one attached hydrogen (secondary N) is 2. The molecule has 1 aromatic heterocycles. The molecule has 4 atom stereocenters. The lowest BCUT2D eigenvalue weighted by atomic mass is 9.98. The Morgan fingerprint density at radius 1 is 0.895 bits per heavy atom. The first kappa shape index (κ1) is 23.7. The second kappa shape index (κ2) is 9.74. The van der Waals surface area contributed by atoms with Gasteiger partial charge in [0.05, 0.1) is 36.5 Å². The molecule has 3 fully saturated rings. The number of hydrogen-bond acceptors (Lipinski definition) is 6. The van der Waals surface area contributed by atoms with Gasteiger partial charge in [-0.05, 0) is 28.7 Å². The molecule has 4 unspecified atom stereocenters. The molecule has 4 aromatic rings. The van der Waals surface area contributed by atoms with Gasteiger partial charge in [-0.15, -0.1) is 0 Å². The Labute approximate surface area is 218 Å². The molecule has 7 rings (SSSR count). The molecular weight excluding hydrogens is 492 g/mol. The summed E-state index contributed by atoms with van der Waals surface area (Å²) in [4.78, 5) is 7.17. The first-order chi connectivity index (χ1) is 18.6. The Morgan fingerprint density at radius 2 is 1.66 bits per heavy atom. The monoisotopic (exact) mass is 519 g/mol. The fourth-order valence-electron chi connectivity index (χ4n) is 5.55. The summed E-state index contributed by atoms with van der Waals surface area (Å²) in [6.07, 6.45) is 0.366. The van der Waals surface area contributed by atoms with Crippen molar-refractivity contribution in [3.8, 4) is 28.3 Å². The molecule has 196 valence electrons. The number of H-pyrrole nitrogens is 1. The van der Waals surface area contributed by atoms with E-state index in [1.807, 2.05) is 24.3 Å². The van der Waals surface area contributed by atoms with Crippen LogP contribution >= 0.6 is 0 Å². The van der Waals surface area contributed by atoms with E-state index in [2.05, 4.69) is 27.4 Å². The standard InChI is InChI=1S/C29H27F2N3O4/c30-20-13-21-27(34-29(33-21)38-24-15-37-22-9-11-36-28(22)24)26(31)25(20)19-7-3-17(4-8-19)16-1-5-18(6-2-16)23-14-32-10-12-35-23/h1-8,13,22-24,28,32H,9-12,14-15H2,(H,33,34). The number of halogens is 2. The van der Waals surface area contributed by atoms with E-state index in [4.69, 9.17) is 18.9 Å². The van der Waals surface area contributed by atoms with Crippen LogP contribution in [0, 0.1) is 11.6 Å². The van der Waals surface area contributed by atoms with E-state index in [0.29, 0.717) is 25.4 Å². The van der Waals surface area contributed by atoms with Gasteiger partial charge in [0.25, 0.3) is 6.01 Å². The predicted octanol–water partition coefficient (Wildman–Crippen LogP) is 4.77. The van der Waals surface area contributed by atoms with Gasteiger partial charge in [0, 0.05) is 25.8 Å². The van der Waals surface area contributed by atoms with Gasteiger partial charge in [-0.2, -0.15) is 4.98 Å². The normalized spacial score (nSPS) is 25.1. The number of nitrogens with zero attached hydrogens (tertiary/aromatic N) is 1. The number of ether oxygens (including phenoxy) is 4. The molecule has 0 aliphatic carbocycles.